The molecule has 0 spiro atoms. The Bertz CT molecular complexity index is 538. The lowest BCUT2D eigenvalue weighted by Crippen LogP contribution is -2.34. The van der Waals surface area contributed by atoms with Crippen molar-refractivity contribution < 1.29 is 18.0 Å². The number of carbonyl (C=O) groups excluding carboxylic acids is 1. The molecule has 0 N–H and O–H groups in total. The first-order chi connectivity index (χ1) is 9.90. The second-order valence-corrected chi connectivity index (χ2v) is 5.29. The van der Waals surface area contributed by atoms with E-state index in [1.807, 2.05) is 0 Å². The Hall–Kier alpha value is -1.96. The number of rotatable bonds is 5. The number of hydrogen-bond acceptors (Lipinski definition) is 1. The first-order valence-electron chi connectivity index (χ1n) is 6.77. The topological polar surface area (TPSA) is 20.3 Å². The molecule has 21 heavy (non-hydrogen) atoms. The molecule has 0 saturated heterocycles. The fraction of sp³-hybridized carbons (Fsp3) is 0.438. The summed E-state index contributed by atoms with van der Waals surface area (Å²) in [5, 5.41) is 0. The van der Waals surface area contributed by atoms with E-state index < -0.39 is 11.7 Å². The lowest BCUT2D eigenvalue weighted by Gasteiger charge is -2.20. The quantitative estimate of drug-likeness (QED) is 0.764. The van der Waals surface area contributed by atoms with E-state index >= 15 is 0 Å². The molecule has 5 heteroatoms. The molecule has 112 valence electrons. The fourth-order valence-electron chi connectivity index (χ4n) is 2.07. The van der Waals surface area contributed by atoms with Crippen molar-refractivity contribution in [1.29, 1.82) is 0 Å². The first-order valence-corrected chi connectivity index (χ1v) is 6.77. The third-order valence-corrected chi connectivity index (χ3v) is 3.45. The van der Waals surface area contributed by atoms with E-state index in [4.69, 9.17) is 6.42 Å². The van der Waals surface area contributed by atoms with Crippen LogP contribution >= 0.6 is 0 Å². The molecule has 1 aliphatic rings. The molecule has 0 aliphatic heterocycles. The van der Waals surface area contributed by atoms with Crippen molar-refractivity contribution in [1.82, 2.24) is 4.90 Å². The van der Waals surface area contributed by atoms with Crippen LogP contribution in [0.2, 0.25) is 0 Å². The minimum absolute atomic E-state index is 0.0759. The number of alkyl halides is 3. The minimum atomic E-state index is -4.36. The Kier molecular flexibility index (Phi) is 4.56. The zero-order valence-electron chi connectivity index (χ0n) is 11.5. The maximum absolute atomic E-state index is 12.5. The summed E-state index contributed by atoms with van der Waals surface area (Å²) >= 11 is 0. The highest BCUT2D eigenvalue weighted by atomic mass is 19.4. The summed E-state index contributed by atoms with van der Waals surface area (Å²) in [5.74, 6) is 2.84. The number of amides is 1. The van der Waals surface area contributed by atoms with E-state index in [1.54, 1.807) is 4.90 Å². The van der Waals surface area contributed by atoms with Crippen molar-refractivity contribution in [3.8, 4) is 12.3 Å². The Morgan fingerprint density at radius 3 is 2.38 bits per heavy atom. The summed E-state index contributed by atoms with van der Waals surface area (Å²) < 4.78 is 37.4. The van der Waals surface area contributed by atoms with Gasteiger partial charge in [0, 0.05) is 6.54 Å². The maximum atomic E-state index is 12.5. The van der Waals surface area contributed by atoms with Gasteiger partial charge in [-0.25, -0.2) is 0 Å². The highest BCUT2D eigenvalue weighted by Gasteiger charge is 2.30. The number of halogens is 3. The Morgan fingerprint density at radius 1 is 1.29 bits per heavy atom. The van der Waals surface area contributed by atoms with Gasteiger partial charge in [0.25, 0.3) is 0 Å². The summed E-state index contributed by atoms with van der Waals surface area (Å²) in [6.45, 7) is 0.889. The van der Waals surface area contributed by atoms with E-state index in [1.165, 1.54) is 12.1 Å². The largest absolute Gasteiger partial charge is 0.416 e. The summed E-state index contributed by atoms with van der Waals surface area (Å²) in [5.41, 5.74) is -0.150. The van der Waals surface area contributed by atoms with Crippen molar-refractivity contribution >= 4 is 5.91 Å². The van der Waals surface area contributed by atoms with Gasteiger partial charge < -0.3 is 4.90 Å². The number of carbonyl (C=O) groups is 1. The van der Waals surface area contributed by atoms with Gasteiger partial charge >= 0.3 is 6.18 Å². The first kappa shape index (κ1) is 15.4. The predicted molar refractivity (Wildman–Crippen MR) is 73.3 cm³/mol. The van der Waals surface area contributed by atoms with Gasteiger partial charge in [-0.1, -0.05) is 18.1 Å². The van der Waals surface area contributed by atoms with E-state index in [0.29, 0.717) is 18.0 Å². The van der Waals surface area contributed by atoms with Crippen LogP contribution in [0.15, 0.2) is 24.3 Å². The van der Waals surface area contributed by atoms with Crippen LogP contribution in [0.5, 0.6) is 0 Å². The third kappa shape index (κ3) is 4.52. The minimum Gasteiger partial charge on any atom is -0.331 e. The molecule has 2 nitrogen and oxygen atoms in total. The average molecular weight is 295 g/mol. The number of benzene rings is 1. The summed E-state index contributed by atoms with van der Waals surface area (Å²) in [4.78, 5) is 13.8. The average Bonchev–Trinajstić information content (AvgIpc) is 3.22. The number of terminal acetylenes is 1. The van der Waals surface area contributed by atoms with Gasteiger partial charge in [0.05, 0.1) is 18.5 Å². The maximum Gasteiger partial charge on any atom is 0.416 e. The molecule has 0 atom stereocenters. The van der Waals surface area contributed by atoms with Gasteiger partial charge in [-0.2, -0.15) is 13.2 Å². The highest BCUT2D eigenvalue weighted by Crippen LogP contribution is 2.30. The number of hydrogen-bond donors (Lipinski definition) is 0. The molecule has 0 radical (unpaired) electrons. The van der Waals surface area contributed by atoms with Crippen molar-refractivity contribution in [2.24, 2.45) is 5.92 Å². The van der Waals surface area contributed by atoms with Crippen molar-refractivity contribution in [2.45, 2.75) is 25.4 Å². The molecular formula is C16H16F3NO. The summed E-state index contributed by atoms with van der Waals surface area (Å²) in [6.07, 6.45) is 3.19. The second kappa shape index (κ2) is 6.21. The monoisotopic (exact) mass is 295 g/mol. The zero-order chi connectivity index (χ0) is 15.5. The van der Waals surface area contributed by atoms with Crippen molar-refractivity contribution in [3.05, 3.63) is 35.4 Å². The standard InChI is InChI=1S/C16H16F3NO/c1-2-9-20(11-13-3-4-13)15(21)10-12-5-7-14(8-6-12)16(17,18)19/h1,5-8,13H,3-4,9-11H2. The van der Waals surface area contributed by atoms with E-state index in [9.17, 15) is 18.0 Å². The third-order valence-electron chi connectivity index (χ3n) is 3.45. The Labute approximate surface area is 121 Å². The molecule has 0 heterocycles. The van der Waals surface area contributed by atoms with E-state index in [-0.39, 0.29) is 18.9 Å². The molecular weight excluding hydrogens is 279 g/mol. The van der Waals surface area contributed by atoms with Crippen molar-refractivity contribution in [3.63, 3.8) is 0 Å². The fourth-order valence-corrected chi connectivity index (χ4v) is 2.07. The molecule has 0 bridgehead atoms. The lowest BCUT2D eigenvalue weighted by molar-refractivity contribution is -0.137. The SMILES string of the molecule is C#CCN(CC1CC1)C(=O)Cc1ccc(C(F)(F)F)cc1. The van der Waals surface area contributed by atoms with Crippen LogP contribution in [0.3, 0.4) is 0 Å². The van der Waals surface area contributed by atoms with Crippen molar-refractivity contribution in [2.75, 3.05) is 13.1 Å². The lowest BCUT2D eigenvalue weighted by atomic mass is 10.1. The smallest absolute Gasteiger partial charge is 0.331 e. The van der Waals surface area contributed by atoms with Crippen LogP contribution in [0, 0.1) is 18.3 Å². The molecule has 1 amide bonds. The predicted octanol–water partition coefficient (Wildman–Crippen LogP) is 3.12. The van der Waals surface area contributed by atoms with Crippen LogP contribution in [0.1, 0.15) is 24.0 Å². The number of nitrogens with zero attached hydrogens (tertiary/aromatic N) is 1. The highest BCUT2D eigenvalue weighted by molar-refractivity contribution is 5.79. The van der Waals surface area contributed by atoms with Crippen LogP contribution < -0.4 is 0 Å². The molecule has 0 aromatic heterocycles. The summed E-state index contributed by atoms with van der Waals surface area (Å²) in [7, 11) is 0. The molecule has 1 aromatic rings. The van der Waals surface area contributed by atoms with Crippen LogP contribution in [0.25, 0.3) is 0 Å². The van der Waals surface area contributed by atoms with Gasteiger partial charge in [0.15, 0.2) is 0 Å². The second-order valence-electron chi connectivity index (χ2n) is 5.29. The van der Waals surface area contributed by atoms with Crippen LogP contribution in [0.4, 0.5) is 13.2 Å². The van der Waals surface area contributed by atoms with E-state index in [0.717, 1.165) is 25.0 Å². The zero-order valence-corrected chi connectivity index (χ0v) is 11.5. The molecule has 1 aromatic carbocycles. The van der Waals surface area contributed by atoms with Crippen LogP contribution in [-0.2, 0) is 17.4 Å². The Balaban J connectivity index is 1.98. The Morgan fingerprint density at radius 2 is 1.90 bits per heavy atom. The summed E-state index contributed by atoms with van der Waals surface area (Å²) in [6, 6.07) is 4.67. The molecule has 1 aliphatic carbocycles. The van der Waals surface area contributed by atoms with Crippen LogP contribution in [-0.4, -0.2) is 23.9 Å². The van der Waals surface area contributed by atoms with Gasteiger partial charge in [0.2, 0.25) is 5.91 Å². The van der Waals surface area contributed by atoms with E-state index in [2.05, 4.69) is 5.92 Å². The molecule has 0 unspecified atom stereocenters. The molecule has 1 fully saturated rings. The normalized spacial score (nSPS) is 14.6. The molecule has 2 rings (SSSR count). The van der Waals surface area contributed by atoms with Gasteiger partial charge in [0.1, 0.15) is 0 Å². The van der Waals surface area contributed by atoms with Gasteiger partial charge in [-0.15, -0.1) is 6.42 Å². The van der Waals surface area contributed by atoms with Gasteiger partial charge in [-0.05, 0) is 36.5 Å². The van der Waals surface area contributed by atoms with Gasteiger partial charge in [-0.3, -0.25) is 4.79 Å². The molecule has 1 saturated carbocycles.